The van der Waals surface area contributed by atoms with Crippen molar-refractivity contribution in [2.45, 2.75) is 11.8 Å². The summed E-state index contributed by atoms with van der Waals surface area (Å²) in [6.07, 6.45) is 0. The van der Waals surface area contributed by atoms with Gasteiger partial charge in [-0.15, -0.1) is 0 Å². The maximum Gasteiger partial charge on any atom is 0.0518 e. The predicted octanol–water partition coefficient (Wildman–Crippen LogP) is 8.85. The Bertz CT molecular complexity index is 1550. The number of fused-ring (bicyclic) bond motifs is 6. The van der Waals surface area contributed by atoms with E-state index >= 15 is 0 Å². The first-order valence-corrected chi connectivity index (χ1v) is 13.0. The Labute approximate surface area is 214 Å². The van der Waals surface area contributed by atoms with Crippen molar-refractivity contribution in [2.24, 2.45) is 0 Å². The number of H-pyrrole nitrogens is 2. The molecule has 2 aromatic heterocycles. The van der Waals surface area contributed by atoms with Crippen molar-refractivity contribution < 1.29 is 0 Å². The van der Waals surface area contributed by atoms with Crippen molar-refractivity contribution in [2.75, 3.05) is 0 Å². The first-order valence-electron chi connectivity index (χ1n) is 11.4. The van der Waals surface area contributed by atoms with Gasteiger partial charge >= 0.3 is 0 Å². The Hall–Kier alpha value is -3.08. The summed E-state index contributed by atoms with van der Waals surface area (Å²) in [7, 11) is 0. The summed E-state index contributed by atoms with van der Waals surface area (Å²) >= 11 is 7.24. The quantitative estimate of drug-likeness (QED) is 0.209. The van der Waals surface area contributed by atoms with Gasteiger partial charge in [0.15, 0.2) is 0 Å². The van der Waals surface area contributed by atoms with Crippen LogP contribution in [0.1, 0.15) is 45.5 Å². The molecule has 2 nitrogen and oxygen atoms in total. The number of nitrogens with one attached hydrogen (secondary N) is 2. The summed E-state index contributed by atoms with van der Waals surface area (Å²) in [5, 5.41) is 2.58. The number of aromatic amines is 2. The molecule has 34 heavy (non-hydrogen) atoms. The van der Waals surface area contributed by atoms with Crippen LogP contribution >= 0.6 is 31.9 Å². The normalized spacial score (nSPS) is 17.1. The molecule has 0 spiro atoms. The van der Waals surface area contributed by atoms with Crippen molar-refractivity contribution in [3.05, 3.63) is 140 Å². The van der Waals surface area contributed by atoms with Gasteiger partial charge < -0.3 is 9.97 Å². The molecule has 2 heterocycles. The monoisotopic (exact) mass is 566 g/mol. The molecule has 0 bridgehead atoms. The maximum atomic E-state index is 3.85. The largest absolute Gasteiger partial charge is 0.357 e. The van der Waals surface area contributed by atoms with Crippen molar-refractivity contribution in [1.29, 1.82) is 0 Å². The zero-order valence-electron chi connectivity index (χ0n) is 18.1. The van der Waals surface area contributed by atoms with Crippen LogP contribution in [0.2, 0.25) is 0 Å². The van der Waals surface area contributed by atoms with E-state index in [0.717, 1.165) is 8.95 Å². The van der Waals surface area contributed by atoms with Crippen LogP contribution in [0.15, 0.2) is 106 Å². The van der Waals surface area contributed by atoms with Crippen molar-refractivity contribution in [3.63, 3.8) is 0 Å². The molecule has 0 aliphatic heterocycles. The van der Waals surface area contributed by atoms with Crippen molar-refractivity contribution in [3.8, 4) is 0 Å². The van der Waals surface area contributed by atoms with Gasteiger partial charge in [-0.25, -0.2) is 0 Å². The molecule has 0 amide bonds. The molecule has 164 valence electrons. The Kier molecular flexibility index (Phi) is 4.61. The number of rotatable bonds is 2. The van der Waals surface area contributed by atoms with Gasteiger partial charge in [0.05, 0.1) is 11.8 Å². The maximum absolute atomic E-state index is 3.85. The van der Waals surface area contributed by atoms with Gasteiger partial charge in [0.1, 0.15) is 0 Å². The second kappa shape index (κ2) is 7.72. The summed E-state index contributed by atoms with van der Waals surface area (Å²) in [5.41, 5.74) is 10.3. The summed E-state index contributed by atoms with van der Waals surface area (Å²) in [4.78, 5) is 7.70. The summed E-state index contributed by atoms with van der Waals surface area (Å²) in [5.74, 6) is 0.238. The Morgan fingerprint density at radius 3 is 1.26 bits per heavy atom. The van der Waals surface area contributed by atoms with Gasteiger partial charge in [0, 0.05) is 42.1 Å². The Balaban J connectivity index is 1.62. The van der Waals surface area contributed by atoms with Crippen molar-refractivity contribution >= 4 is 53.7 Å². The van der Waals surface area contributed by atoms with Crippen LogP contribution in [0.5, 0.6) is 0 Å². The van der Waals surface area contributed by atoms with E-state index in [9.17, 15) is 0 Å². The molecule has 4 heteroatoms. The third kappa shape index (κ3) is 2.98. The Morgan fingerprint density at radius 1 is 0.471 bits per heavy atom. The predicted molar refractivity (Wildman–Crippen MR) is 147 cm³/mol. The third-order valence-electron chi connectivity index (χ3n) is 7.11. The molecular formula is C30H20Br2N2. The molecular weight excluding hydrogens is 548 g/mol. The standard InChI is InChI=1S/C30H20Br2N2/c31-19-13-9-17(10-14-19)25-27-21-5-1-3-7-23(21)33-29(27)26(18-11-15-20(32)16-12-18)28-22-6-2-4-8-24(22)34-30(25)28/h1-16,25-26,33-34H. The van der Waals surface area contributed by atoms with E-state index in [2.05, 4.69) is 139 Å². The molecule has 1 aliphatic rings. The van der Waals surface area contributed by atoms with Crippen molar-refractivity contribution in [1.82, 2.24) is 9.97 Å². The molecule has 6 aromatic rings. The highest BCUT2D eigenvalue weighted by atomic mass is 79.9. The summed E-state index contributed by atoms with van der Waals surface area (Å²) < 4.78 is 2.19. The van der Waals surface area contributed by atoms with E-state index in [1.165, 1.54) is 55.4 Å². The zero-order valence-corrected chi connectivity index (χ0v) is 21.3. The molecule has 0 saturated heterocycles. The van der Waals surface area contributed by atoms with Crippen LogP contribution in [-0.2, 0) is 0 Å². The van der Waals surface area contributed by atoms with Gasteiger partial charge in [0.25, 0.3) is 0 Å². The lowest BCUT2D eigenvalue weighted by molar-refractivity contribution is 0.801. The van der Waals surface area contributed by atoms with Crippen LogP contribution < -0.4 is 0 Å². The fourth-order valence-electron chi connectivity index (χ4n) is 5.71. The highest BCUT2D eigenvalue weighted by molar-refractivity contribution is 9.10. The minimum atomic E-state index is 0.119. The number of para-hydroxylation sites is 2. The van der Waals surface area contributed by atoms with Gasteiger partial charge in [-0.2, -0.15) is 0 Å². The number of halogens is 2. The van der Waals surface area contributed by atoms with E-state index in [4.69, 9.17) is 0 Å². The zero-order chi connectivity index (χ0) is 22.8. The lowest BCUT2D eigenvalue weighted by atomic mass is 9.72. The average Bonchev–Trinajstić information content (AvgIpc) is 3.43. The highest BCUT2D eigenvalue weighted by Gasteiger charge is 2.39. The van der Waals surface area contributed by atoms with Gasteiger partial charge in [-0.1, -0.05) is 92.5 Å². The first-order chi connectivity index (χ1) is 16.7. The van der Waals surface area contributed by atoms with E-state index in [0.29, 0.717) is 0 Å². The molecule has 0 saturated carbocycles. The molecule has 2 unspecified atom stereocenters. The van der Waals surface area contributed by atoms with Crippen LogP contribution in [0.25, 0.3) is 21.8 Å². The number of aromatic nitrogens is 2. The highest BCUT2D eigenvalue weighted by Crippen LogP contribution is 2.52. The number of hydrogen-bond acceptors (Lipinski definition) is 0. The fraction of sp³-hybridized carbons (Fsp3) is 0.0667. The lowest BCUT2D eigenvalue weighted by Crippen LogP contribution is -2.19. The topological polar surface area (TPSA) is 31.6 Å². The lowest BCUT2D eigenvalue weighted by Gasteiger charge is -2.31. The van der Waals surface area contributed by atoms with Crippen LogP contribution in [0.4, 0.5) is 0 Å². The Morgan fingerprint density at radius 2 is 0.853 bits per heavy atom. The molecule has 2 atom stereocenters. The van der Waals surface area contributed by atoms with E-state index in [-0.39, 0.29) is 11.8 Å². The third-order valence-corrected chi connectivity index (χ3v) is 8.17. The second-order valence-corrected chi connectivity index (χ2v) is 10.8. The molecule has 2 N–H and O–H groups in total. The number of hydrogen-bond donors (Lipinski definition) is 2. The van der Waals surface area contributed by atoms with Crippen LogP contribution in [-0.4, -0.2) is 9.97 Å². The minimum Gasteiger partial charge on any atom is -0.357 e. The SMILES string of the molecule is Brc1ccc(C2c3[nH]c4ccccc4c3C(c3ccc(Br)cc3)c3[nH]c4ccccc4c32)cc1. The molecule has 0 radical (unpaired) electrons. The second-order valence-electron chi connectivity index (χ2n) is 8.96. The van der Waals surface area contributed by atoms with Gasteiger partial charge in [-0.05, 0) is 58.7 Å². The minimum absolute atomic E-state index is 0.119. The van der Waals surface area contributed by atoms with Crippen LogP contribution in [0, 0.1) is 0 Å². The van der Waals surface area contributed by atoms with Crippen LogP contribution in [0.3, 0.4) is 0 Å². The molecule has 0 fully saturated rings. The fourth-order valence-corrected chi connectivity index (χ4v) is 6.24. The van der Waals surface area contributed by atoms with Gasteiger partial charge in [-0.3, -0.25) is 0 Å². The smallest absolute Gasteiger partial charge is 0.0518 e. The summed E-state index contributed by atoms with van der Waals surface area (Å²) in [6.45, 7) is 0. The van der Waals surface area contributed by atoms with E-state index < -0.39 is 0 Å². The average molecular weight is 568 g/mol. The van der Waals surface area contributed by atoms with E-state index in [1.807, 2.05) is 0 Å². The van der Waals surface area contributed by atoms with Gasteiger partial charge in [0.2, 0.25) is 0 Å². The number of benzene rings is 4. The summed E-state index contributed by atoms with van der Waals surface area (Å²) in [6, 6.07) is 35.0. The molecule has 4 aromatic carbocycles. The first kappa shape index (κ1) is 20.3. The van der Waals surface area contributed by atoms with E-state index in [1.54, 1.807) is 0 Å². The molecule has 7 rings (SSSR count). The molecule has 1 aliphatic carbocycles.